The Balaban J connectivity index is 2.26. The summed E-state index contributed by atoms with van der Waals surface area (Å²) in [6.07, 6.45) is 4.61. The molecule has 2 aromatic heterocycles. The zero-order valence-electron chi connectivity index (χ0n) is 12.5. The molecule has 0 bridgehead atoms. The molecule has 0 amide bonds. The lowest BCUT2D eigenvalue weighted by Crippen LogP contribution is -2.05. The van der Waals surface area contributed by atoms with Gasteiger partial charge in [0.25, 0.3) is 0 Å². The van der Waals surface area contributed by atoms with Crippen LogP contribution in [-0.4, -0.2) is 22.0 Å². The largest absolute Gasteiger partial charge is 0.373 e. The van der Waals surface area contributed by atoms with Gasteiger partial charge < -0.3 is 5.32 Å². The molecule has 0 aliphatic heterocycles. The number of nitrogens with one attached hydrogen (secondary N) is 1. The van der Waals surface area contributed by atoms with Gasteiger partial charge in [-0.25, -0.2) is 9.97 Å². The average Bonchev–Trinajstić information content (AvgIpc) is 2.53. The first kappa shape index (κ1) is 13.5. The van der Waals surface area contributed by atoms with Crippen LogP contribution in [0.1, 0.15) is 18.2 Å². The SMILES string of the molecule is CCc1c(C)nc(-c2cncc3ccccc23)nc1NC. The molecule has 4 nitrogen and oxygen atoms in total. The third-order valence-corrected chi connectivity index (χ3v) is 3.71. The fourth-order valence-corrected chi connectivity index (χ4v) is 2.64. The van der Waals surface area contributed by atoms with Gasteiger partial charge in [0.1, 0.15) is 5.82 Å². The first-order valence-corrected chi connectivity index (χ1v) is 7.13. The Morgan fingerprint density at radius 2 is 1.90 bits per heavy atom. The predicted octanol–water partition coefficient (Wildman–Crippen LogP) is 3.60. The molecular formula is C17H18N4. The summed E-state index contributed by atoms with van der Waals surface area (Å²) in [6, 6.07) is 8.17. The number of nitrogens with zero attached hydrogens (tertiary/aromatic N) is 3. The van der Waals surface area contributed by atoms with Crippen molar-refractivity contribution in [1.82, 2.24) is 15.0 Å². The van der Waals surface area contributed by atoms with E-state index in [-0.39, 0.29) is 0 Å². The molecule has 0 fully saturated rings. The van der Waals surface area contributed by atoms with Crippen molar-refractivity contribution in [3.8, 4) is 11.4 Å². The number of hydrogen-bond acceptors (Lipinski definition) is 4. The second kappa shape index (κ2) is 5.48. The Morgan fingerprint density at radius 3 is 2.67 bits per heavy atom. The molecule has 4 heteroatoms. The van der Waals surface area contributed by atoms with Crippen LogP contribution in [0.2, 0.25) is 0 Å². The molecule has 3 rings (SSSR count). The van der Waals surface area contributed by atoms with Crippen molar-refractivity contribution in [2.75, 3.05) is 12.4 Å². The van der Waals surface area contributed by atoms with Crippen LogP contribution < -0.4 is 5.32 Å². The minimum absolute atomic E-state index is 0.721. The Hall–Kier alpha value is -2.49. The third-order valence-electron chi connectivity index (χ3n) is 3.71. The zero-order chi connectivity index (χ0) is 14.8. The highest BCUT2D eigenvalue weighted by atomic mass is 15.0. The van der Waals surface area contributed by atoms with Crippen LogP contribution in [-0.2, 0) is 6.42 Å². The lowest BCUT2D eigenvalue weighted by Gasteiger charge is -2.12. The molecule has 0 spiro atoms. The molecule has 1 N–H and O–H groups in total. The topological polar surface area (TPSA) is 50.7 Å². The lowest BCUT2D eigenvalue weighted by molar-refractivity contribution is 1.00. The molecule has 0 saturated heterocycles. The monoisotopic (exact) mass is 278 g/mol. The number of aryl methyl sites for hydroxylation is 1. The van der Waals surface area contributed by atoms with Gasteiger partial charge in [-0.2, -0.15) is 0 Å². The second-order valence-electron chi connectivity index (χ2n) is 4.97. The van der Waals surface area contributed by atoms with Crippen molar-refractivity contribution >= 4 is 16.6 Å². The summed E-state index contributed by atoms with van der Waals surface area (Å²) < 4.78 is 0. The first-order chi connectivity index (χ1) is 10.2. The van der Waals surface area contributed by atoms with E-state index in [1.54, 1.807) is 0 Å². The van der Waals surface area contributed by atoms with Crippen LogP contribution in [0.3, 0.4) is 0 Å². The normalized spacial score (nSPS) is 10.8. The molecule has 106 valence electrons. The smallest absolute Gasteiger partial charge is 0.163 e. The number of fused-ring (bicyclic) bond motifs is 1. The van der Waals surface area contributed by atoms with Gasteiger partial charge in [0.05, 0.1) is 0 Å². The van der Waals surface area contributed by atoms with Crippen LogP contribution in [0.4, 0.5) is 5.82 Å². The van der Waals surface area contributed by atoms with Crippen LogP contribution in [0.5, 0.6) is 0 Å². The lowest BCUT2D eigenvalue weighted by atomic mass is 10.1. The van der Waals surface area contributed by atoms with Gasteiger partial charge in [0.2, 0.25) is 0 Å². The highest BCUT2D eigenvalue weighted by molar-refractivity contribution is 5.94. The number of hydrogen-bond donors (Lipinski definition) is 1. The molecule has 2 heterocycles. The zero-order valence-corrected chi connectivity index (χ0v) is 12.5. The van der Waals surface area contributed by atoms with Crippen LogP contribution in [0.15, 0.2) is 36.7 Å². The summed E-state index contributed by atoms with van der Waals surface area (Å²) in [5.41, 5.74) is 3.14. The Morgan fingerprint density at radius 1 is 1.10 bits per heavy atom. The van der Waals surface area contributed by atoms with E-state index < -0.39 is 0 Å². The summed E-state index contributed by atoms with van der Waals surface area (Å²) in [4.78, 5) is 13.7. The highest BCUT2D eigenvalue weighted by Gasteiger charge is 2.12. The number of anilines is 1. The summed E-state index contributed by atoms with van der Waals surface area (Å²) >= 11 is 0. The summed E-state index contributed by atoms with van der Waals surface area (Å²) in [5, 5.41) is 5.40. The fourth-order valence-electron chi connectivity index (χ4n) is 2.64. The van der Waals surface area contributed by atoms with Gasteiger partial charge >= 0.3 is 0 Å². The Labute approximate surface area is 124 Å². The standard InChI is InChI=1S/C17H18N4/c1-4-13-11(2)20-17(21-16(13)18-3)15-10-19-9-12-7-5-6-8-14(12)15/h5-10H,4H2,1-3H3,(H,18,20,21). The van der Waals surface area contributed by atoms with Gasteiger partial charge in [0, 0.05) is 41.6 Å². The maximum absolute atomic E-state index is 4.68. The second-order valence-corrected chi connectivity index (χ2v) is 4.97. The number of rotatable bonds is 3. The molecule has 0 aliphatic rings. The number of pyridine rings is 1. The summed E-state index contributed by atoms with van der Waals surface area (Å²) in [5.74, 6) is 1.62. The Kier molecular flexibility index (Phi) is 3.52. The van der Waals surface area contributed by atoms with Gasteiger partial charge in [0.15, 0.2) is 5.82 Å². The van der Waals surface area contributed by atoms with Gasteiger partial charge in [-0.15, -0.1) is 0 Å². The van der Waals surface area contributed by atoms with E-state index in [1.807, 2.05) is 38.5 Å². The van der Waals surface area contributed by atoms with E-state index in [0.29, 0.717) is 0 Å². The molecule has 0 atom stereocenters. The average molecular weight is 278 g/mol. The third kappa shape index (κ3) is 2.33. The quantitative estimate of drug-likeness (QED) is 0.795. The molecule has 0 unspecified atom stereocenters. The van der Waals surface area contributed by atoms with Crippen molar-refractivity contribution in [2.24, 2.45) is 0 Å². The highest BCUT2D eigenvalue weighted by Crippen LogP contribution is 2.27. The van der Waals surface area contributed by atoms with Crippen molar-refractivity contribution < 1.29 is 0 Å². The molecule has 0 aliphatic carbocycles. The van der Waals surface area contributed by atoms with Crippen LogP contribution in [0.25, 0.3) is 22.2 Å². The van der Waals surface area contributed by atoms with Crippen molar-refractivity contribution in [1.29, 1.82) is 0 Å². The molecular weight excluding hydrogens is 260 g/mol. The first-order valence-electron chi connectivity index (χ1n) is 7.13. The van der Waals surface area contributed by atoms with E-state index in [1.165, 1.54) is 0 Å². The van der Waals surface area contributed by atoms with Gasteiger partial charge in [-0.05, 0) is 18.7 Å². The van der Waals surface area contributed by atoms with E-state index in [0.717, 1.165) is 45.7 Å². The van der Waals surface area contributed by atoms with Gasteiger partial charge in [-0.3, -0.25) is 4.98 Å². The van der Waals surface area contributed by atoms with E-state index in [9.17, 15) is 0 Å². The molecule has 3 aromatic rings. The number of benzene rings is 1. The van der Waals surface area contributed by atoms with Crippen molar-refractivity contribution in [3.05, 3.63) is 47.9 Å². The minimum Gasteiger partial charge on any atom is -0.373 e. The van der Waals surface area contributed by atoms with Gasteiger partial charge in [-0.1, -0.05) is 31.2 Å². The fraction of sp³-hybridized carbons (Fsp3) is 0.235. The number of aromatic nitrogens is 3. The van der Waals surface area contributed by atoms with E-state index in [4.69, 9.17) is 0 Å². The molecule has 21 heavy (non-hydrogen) atoms. The summed E-state index contributed by atoms with van der Waals surface area (Å²) in [7, 11) is 1.89. The molecule has 1 aromatic carbocycles. The maximum atomic E-state index is 4.68. The minimum atomic E-state index is 0.721. The van der Waals surface area contributed by atoms with E-state index in [2.05, 4.69) is 39.3 Å². The Bertz CT molecular complexity index is 791. The van der Waals surface area contributed by atoms with Crippen molar-refractivity contribution in [3.63, 3.8) is 0 Å². The van der Waals surface area contributed by atoms with Crippen molar-refractivity contribution in [2.45, 2.75) is 20.3 Å². The van der Waals surface area contributed by atoms with Crippen LogP contribution in [0, 0.1) is 6.92 Å². The van der Waals surface area contributed by atoms with E-state index >= 15 is 0 Å². The predicted molar refractivity (Wildman–Crippen MR) is 86.4 cm³/mol. The summed E-state index contributed by atoms with van der Waals surface area (Å²) in [6.45, 7) is 4.15. The maximum Gasteiger partial charge on any atom is 0.163 e. The molecule has 0 radical (unpaired) electrons. The molecule has 0 saturated carbocycles. The van der Waals surface area contributed by atoms with Crippen LogP contribution >= 0.6 is 0 Å².